The van der Waals surface area contributed by atoms with Gasteiger partial charge in [0.15, 0.2) is 0 Å². The van der Waals surface area contributed by atoms with Crippen molar-refractivity contribution in [2.24, 2.45) is 5.92 Å². The molecule has 2 aliphatic rings. The van der Waals surface area contributed by atoms with Gasteiger partial charge in [-0.1, -0.05) is 72.3 Å². The third-order valence-corrected chi connectivity index (χ3v) is 8.71. The minimum atomic E-state index is -3.56. The van der Waals surface area contributed by atoms with Crippen molar-refractivity contribution < 1.29 is 8.42 Å². The van der Waals surface area contributed by atoms with Crippen molar-refractivity contribution >= 4 is 10.0 Å². The van der Waals surface area contributed by atoms with E-state index in [1.54, 1.807) is 16.4 Å². The topological polar surface area (TPSA) is 37.4 Å². The van der Waals surface area contributed by atoms with Crippen LogP contribution in [-0.4, -0.2) is 19.3 Å². The summed E-state index contributed by atoms with van der Waals surface area (Å²) in [7, 11) is -3.56. The molecule has 0 bridgehead atoms. The molecule has 1 saturated heterocycles. The average Bonchev–Trinajstić information content (AvgIpc) is 2.79. The molecule has 0 radical (unpaired) electrons. The largest absolute Gasteiger partial charge is 0.243 e. The lowest BCUT2D eigenvalue weighted by atomic mass is 9.67. The minimum Gasteiger partial charge on any atom is -0.207 e. The summed E-state index contributed by atoms with van der Waals surface area (Å²) in [5.74, 6) is 0.624. The predicted octanol–water partition coefficient (Wildman–Crippen LogP) is 5.48. The van der Waals surface area contributed by atoms with Crippen molar-refractivity contribution in [1.82, 2.24) is 4.31 Å². The van der Waals surface area contributed by atoms with Crippen LogP contribution in [0.25, 0.3) is 0 Å². The van der Waals surface area contributed by atoms with Crippen LogP contribution in [-0.2, 0) is 16.4 Å². The second kappa shape index (κ2) is 7.68. The van der Waals surface area contributed by atoms with Crippen LogP contribution < -0.4 is 0 Å². The maximum Gasteiger partial charge on any atom is 0.243 e. The van der Waals surface area contributed by atoms with Crippen LogP contribution in [0, 0.1) is 12.8 Å². The van der Waals surface area contributed by atoms with E-state index in [9.17, 15) is 8.42 Å². The summed E-state index contributed by atoms with van der Waals surface area (Å²) in [6.07, 6.45) is 2.93. The van der Waals surface area contributed by atoms with E-state index >= 15 is 0 Å². The summed E-state index contributed by atoms with van der Waals surface area (Å²) in [5, 5.41) is 0. The highest BCUT2D eigenvalue weighted by atomic mass is 32.2. The zero-order valence-corrected chi connectivity index (χ0v) is 18.1. The van der Waals surface area contributed by atoms with Gasteiger partial charge in [0.2, 0.25) is 10.0 Å². The Morgan fingerprint density at radius 3 is 2.33 bits per heavy atom. The standard InChI is InChI=1S/C26H27NO2S/c1-19-13-15-22(16-14-19)30(28,29)27-17-7-12-24-25(20-8-3-2-4-9-20)18-21-10-5-6-11-23(21)26(24)27/h2-6,8-11,13-16,24-26H,7,12,17-18H2,1H3/t24-,25+,26+/m0/s1. The number of rotatable bonds is 3. The van der Waals surface area contributed by atoms with Crippen molar-refractivity contribution in [2.45, 2.75) is 43.0 Å². The van der Waals surface area contributed by atoms with Gasteiger partial charge in [-0.2, -0.15) is 4.31 Å². The van der Waals surface area contributed by atoms with Crippen molar-refractivity contribution in [3.63, 3.8) is 0 Å². The Bertz CT molecular complexity index is 1140. The highest BCUT2D eigenvalue weighted by molar-refractivity contribution is 7.89. The third-order valence-electron chi connectivity index (χ3n) is 6.82. The number of benzene rings is 3. The van der Waals surface area contributed by atoms with Gasteiger partial charge in [0.1, 0.15) is 0 Å². The zero-order valence-electron chi connectivity index (χ0n) is 17.2. The van der Waals surface area contributed by atoms with Crippen LogP contribution in [0.3, 0.4) is 0 Å². The quantitative estimate of drug-likeness (QED) is 0.566. The first kappa shape index (κ1) is 19.5. The zero-order chi connectivity index (χ0) is 20.7. The van der Waals surface area contributed by atoms with Crippen LogP contribution in [0.4, 0.5) is 0 Å². The Balaban J connectivity index is 1.62. The summed E-state index contributed by atoms with van der Waals surface area (Å²) in [6, 6.07) is 26.2. The summed E-state index contributed by atoms with van der Waals surface area (Å²) < 4.78 is 29.3. The molecule has 154 valence electrons. The van der Waals surface area contributed by atoms with Gasteiger partial charge in [-0.05, 0) is 66.8 Å². The lowest BCUT2D eigenvalue weighted by molar-refractivity contribution is 0.139. The summed E-state index contributed by atoms with van der Waals surface area (Å²) >= 11 is 0. The molecule has 0 amide bonds. The minimum absolute atomic E-state index is 0.111. The summed E-state index contributed by atoms with van der Waals surface area (Å²) in [6.45, 7) is 2.56. The molecule has 3 aromatic carbocycles. The van der Waals surface area contributed by atoms with Crippen LogP contribution >= 0.6 is 0 Å². The van der Waals surface area contributed by atoms with Crippen molar-refractivity contribution in [3.05, 3.63) is 101 Å². The van der Waals surface area contributed by atoms with Crippen LogP contribution in [0.15, 0.2) is 83.8 Å². The van der Waals surface area contributed by atoms with Crippen LogP contribution in [0.2, 0.25) is 0 Å². The Morgan fingerprint density at radius 2 is 1.57 bits per heavy atom. The molecule has 0 aromatic heterocycles. The molecule has 30 heavy (non-hydrogen) atoms. The van der Waals surface area contributed by atoms with Gasteiger partial charge < -0.3 is 0 Å². The number of aryl methyl sites for hydroxylation is 1. The first-order chi connectivity index (χ1) is 14.6. The fraction of sp³-hybridized carbons (Fsp3) is 0.308. The lowest BCUT2D eigenvalue weighted by Crippen LogP contribution is -2.46. The second-order valence-electron chi connectivity index (χ2n) is 8.60. The van der Waals surface area contributed by atoms with E-state index < -0.39 is 10.0 Å². The highest BCUT2D eigenvalue weighted by Gasteiger charge is 2.46. The number of hydrogen-bond acceptors (Lipinski definition) is 2. The van der Waals surface area contributed by atoms with Crippen molar-refractivity contribution in [3.8, 4) is 0 Å². The fourth-order valence-electron chi connectivity index (χ4n) is 5.38. The summed E-state index contributed by atoms with van der Waals surface area (Å²) in [4.78, 5) is 0.396. The van der Waals surface area contributed by atoms with Gasteiger partial charge in [-0.3, -0.25) is 0 Å². The van der Waals surface area contributed by atoms with E-state index in [1.165, 1.54) is 16.7 Å². The molecular formula is C26H27NO2S. The van der Waals surface area contributed by atoms with Gasteiger partial charge in [0.05, 0.1) is 10.9 Å². The lowest BCUT2D eigenvalue weighted by Gasteiger charge is -2.47. The maximum atomic E-state index is 13.7. The van der Waals surface area contributed by atoms with E-state index in [0.29, 0.717) is 17.4 Å². The molecule has 0 unspecified atom stereocenters. The van der Waals surface area contributed by atoms with E-state index in [1.807, 2.05) is 31.2 Å². The Hall–Kier alpha value is -2.43. The first-order valence-electron chi connectivity index (χ1n) is 10.8. The van der Waals surface area contributed by atoms with Crippen LogP contribution in [0.5, 0.6) is 0 Å². The van der Waals surface area contributed by atoms with Gasteiger partial charge in [-0.15, -0.1) is 0 Å². The van der Waals surface area contributed by atoms with Crippen molar-refractivity contribution in [1.29, 1.82) is 0 Å². The molecule has 3 aromatic rings. The Labute approximate surface area is 179 Å². The molecule has 1 fully saturated rings. The fourth-order valence-corrected chi connectivity index (χ4v) is 7.07. The third kappa shape index (κ3) is 3.28. The molecular weight excluding hydrogens is 390 g/mol. The SMILES string of the molecule is Cc1ccc(S(=O)(=O)N2CCC[C@H]3[C@@H](c4ccccc4)Cc4ccccc4[C@H]32)cc1. The molecule has 0 saturated carbocycles. The molecule has 3 atom stereocenters. The van der Waals surface area contributed by atoms with E-state index in [0.717, 1.165) is 24.8 Å². The molecule has 1 aliphatic heterocycles. The Kier molecular flexibility index (Phi) is 5.00. The number of sulfonamides is 1. The Morgan fingerprint density at radius 1 is 0.867 bits per heavy atom. The molecule has 0 N–H and O–H groups in total. The second-order valence-corrected chi connectivity index (χ2v) is 10.5. The van der Waals surface area contributed by atoms with E-state index in [-0.39, 0.29) is 12.0 Å². The van der Waals surface area contributed by atoms with Gasteiger partial charge in [-0.25, -0.2) is 8.42 Å². The highest BCUT2D eigenvalue weighted by Crippen LogP contribution is 2.51. The normalized spacial score (nSPS) is 24.1. The number of hydrogen-bond donors (Lipinski definition) is 0. The molecule has 5 rings (SSSR count). The maximum absolute atomic E-state index is 13.7. The molecule has 1 aliphatic carbocycles. The molecule has 1 heterocycles. The van der Waals surface area contributed by atoms with E-state index in [2.05, 4.69) is 42.5 Å². The first-order valence-corrected chi connectivity index (χ1v) is 12.2. The van der Waals surface area contributed by atoms with E-state index in [4.69, 9.17) is 0 Å². The smallest absolute Gasteiger partial charge is 0.207 e. The number of fused-ring (bicyclic) bond motifs is 3. The predicted molar refractivity (Wildman–Crippen MR) is 120 cm³/mol. The molecule has 3 nitrogen and oxygen atoms in total. The van der Waals surface area contributed by atoms with Crippen molar-refractivity contribution in [2.75, 3.05) is 6.54 Å². The van der Waals surface area contributed by atoms with Crippen LogP contribution in [0.1, 0.15) is 47.1 Å². The van der Waals surface area contributed by atoms with Gasteiger partial charge in [0, 0.05) is 6.54 Å². The number of nitrogens with zero attached hydrogens (tertiary/aromatic N) is 1. The monoisotopic (exact) mass is 417 g/mol. The number of piperidine rings is 1. The van der Waals surface area contributed by atoms with Gasteiger partial charge in [0.25, 0.3) is 0 Å². The molecule has 4 heteroatoms. The summed E-state index contributed by atoms with van der Waals surface area (Å²) in [5.41, 5.74) is 4.85. The molecule has 0 spiro atoms. The average molecular weight is 418 g/mol. The van der Waals surface area contributed by atoms with Gasteiger partial charge >= 0.3 is 0 Å².